The van der Waals surface area contributed by atoms with Gasteiger partial charge in [0.2, 0.25) is 0 Å². The van der Waals surface area contributed by atoms with Crippen molar-refractivity contribution in [1.82, 2.24) is 4.90 Å². The summed E-state index contributed by atoms with van der Waals surface area (Å²) in [6.45, 7) is 2.83. The lowest BCUT2D eigenvalue weighted by Gasteiger charge is -2.37. The van der Waals surface area contributed by atoms with Gasteiger partial charge >= 0.3 is 0 Å². The molecule has 0 radical (unpaired) electrons. The number of rotatable bonds is 4. The van der Waals surface area contributed by atoms with Crippen molar-refractivity contribution in [2.45, 2.75) is 32.2 Å². The molecule has 94 valence electrons. The van der Waals surface area contributed by atoms with E-state index in [1.165, 1.54) is 17.8 Å². The number of alkyl halides is 1. The SMILES string of the molecule is Cc1cc(C(=O)N(CCBr)C2CCC2)sc1Br. The van der Waals surface area contributed by atoms with Crippen molar-refractivity contribution >= 4 is 49.1 Å². The van der Waals surface area contributed by atoms with Gasteiger partial charge in [-0.3, -0.25) is 4.79 Å². The highest BCUT2D eigenvalue weighted by molar-refractivity contribution is 9.11. The molecule has 0 aromatic carbocycles. The summed E-state index contributed by atoms with van der Waals surface area (Å²) in [5, 5.41) is 0.848. The minimum absolute atomic E-state index is 0.188. The molecule has 17 heavy (non-hydrogen) atoms. The number of thiophene rings is 1. The van der Waals surface area contributed by atoms with Gasteiger partial charge < -0.3 is 4.90 Å². The fourth-order valence-electron chi connectivity index (χ4n) is 1.95. The van der Waals surface area contributed by atoms with Crippen molar-refractivity contribution in [1.29, 1.82) is 0 Å². The molecule has 5 heteroatoms. The standard InChI is InChI=1S/C12H15Br2NOS/c1-8-7-10(17-11(8)14)12(16)15(6-5-13)9-3-2-4-9/h7,9H,2-6H2,1H3. The van der Waals surface area contributed by atoms with Crippen LogP contribution in [-0.2, 0) is 0 Å². The summed E-state index contributed by atoms with van der Waals surface area (Å²) in [6, 6.07) is 2.44. The van der Waals surface area contributed by atoms with Gasteiger partial charge in [-0.05, 0) is 53.7 Å². The van der Waals surface area contributed by atoms with Gasteiger partial charge in [0.1, 0.15) is 0 Å². The summed E-state index contributed by atoms with van der Waals surface area (Å²) in [5.74, 6) is 0.188. The van der Waals surface area contributed by atoms with Gasteiger partial charge in [0, 0.05) is 17.9 Å². The van der Waals surface area contributed by atoms with Gasteiger partial charge in [-0.25, -0.2) is 0 Å². The second kappa shape index (κ2) is 5.85. The summed E-state index contributed by atoms with van der Waals surface area (Å²) in [4.78, 5) is 15.3. The molecule has 1 aromatic rings. The Morgan fingerprint density at radius 3 is 2.71 bits per heavy atom. The van der Waals surface area contributed by atoms with E-state index in [0.29, 0.717) is 6.04 Å². The lowest BCUT2D eigenvalue weighted by atomic mass is 9.91. The third-order valence-corrected chi connectivity index (χ3v) is 5.65. The van der Waals surface area contributed by atoms with E-state index in [-0.39, 0.29) is 5.91 Å². The first-order valence-corrected chi connectivity index (χ1v) is 8.49. The number of nitrogens with zero attached hydrogens (tertiary/aromatic N) is 1. The first-order valence-electron chi connectivity index (χ1n) is 5.76. The van der Waals surface area contributed by atoms with Crippen molar-refractivity contribution in [2.75, 3.05) is 11.9 Å². The highest BCUT2D eigenvalue weighted by atomic mass is 79.9. The highest BCUT2D eigenvalue weighted by Gasteiger charge is 2.29. The number of amides is 1. The zero-order chi connectivity index (χ0) is 12.4. The van der Waals surface area contributed by atoms with E-state index >= 15 is 0 Å². The maximum absolute atomic E-state index is 12.4. The molecule has 1 amide bonds. The maximum Gasteiger partial charge on any atom is 0.264 e. The molecule has 1 fully saturated rings. The average Bonchev–Trinajstić information content (AvgIpc) is 2.55. The molecule has 1 heterocycles. The second-order valence-corrected chi connectivity index (χ2v) is 7.50. The number of aryl methyl sites for hydroxylation is 1. The molecule has 0 spiro atoms. The van der Waals surface area contributed by atoms with Crippen molar-refractivity contribution in [3.63, 3.8) is 0 Å². The van der Waals surface area contributed by atoms with Gasteiger partial charge in [0.05, 0.1) is 8.66 Å². The average molecular weight is 381 g/mol. The van der Waals surface area contributed by atoms with Gasteiger partial charge in [-0.15, -0.1) is 11.3 Å². The van der Waals surface area contributed by atoms with Gasteiger partial charge in [0.25, 0.3) is 5.91 Å². The Hall–Kier alpha value is 0.130. The summed E-state index contributed by atoms with van der Waals surface area (Å²) in [7, 11) is 0. The van der Waals surface area contributed by atoms with E-state index in [1.807, 2.05) is 17.9 Å². The summed E-state index contributed by atoms with van der Waals surface area (Å²) >= 11 is 8.45. The Kier molecular flexibility index (Phi) is 4.66. The molecule has 0 aliphatic heterocycles. The van der Waals surface area contributed by atoms with Crippen LogP contribution in [0.5, 0.6) is 0 Å². The molecule has 0 atom stereocenters. The lowest BCUT2D eigenvalue weighted by molar-refractivity contribution is 0.0604. The number of carbonyl (C=O) groups excluding carboxylic acids is 1. The lowest BCUT2D eigenvalue weighted by Crippen LogP contribution is -2.44. The molecule has 0 bridgehead atoms. The van der Waals surface area contributed by atoms with E-state index in [0.717, 1.165) is 38.9 Å². The van der Waals surface area contributed by atoms with Crippen LogP contribution < -0.4 is 0 Å². The molecule has 2 nitrogen and oxygen atoms in total. The minimum Gasteiger partial charge on any atom is -0.334 e. The van der Waals surface area contributed by atoms with E-state index in [4.69, 9.17) is 0 Å². The van der Waals surface area contributed by atoms with Crippen LogP contribution in [0.2, 0.25) is 0 Å². The van der Waals surface area contributed by atoms with Crippen LogP contribution >= 0.6 is 43.2 Å². The third-order valence-electron chi connectivity index (χ3n) is 3.17. The molecule has 1 saturated carbocycles. The third kappa shape index (κ3) is 2.93. The predicted molar refractivity (Wildman–Crippen MR) is 79.2 cm³/mol. The van der Waals surface area contributed by atoms with Crippen LogP contribution in [-0.4, -0.2) is 28.7 Å². The normalized spacial score (nSPS) is 15.7. The Bertz CT molecular complexity index is 395. The van der Waals surface area contributed by atoms with Crippen LogP contribution in [0.15, 0.2) is 9.85 Å². The van der Waals surface area contributed by atoms with Crippen molar-refractivity contribution in [3.05, 3.63) is 20.3 Å². The van der Waals surface area contributed by atoms with Gasteiger partial charge in [-0.2, -0.15) is 0 Å². The summed E-state index contributed by atoms with van der Waals surface area (Å²) in [6.07, 6.45) is 3.57. The van der Waals surface area contributed by atoms with Crippen molar-refractivity contribution in [2.24, 2.45) is 0 Å². The molecule has 1 aromatic heterocycles. The molecule has 2 rings (SSSR count). The first kappa shape index (κ1) is 13.6. The smallest absolute Gasteiger partial charge is 0.264 e. The number of carbonyl (C=O) groups is 1. The fourth-order valence-corrected chi connectivity index (χ4v) is 3.82. The minimum atomic E-state index is 0.188. The van der Waals surface area contributed by atoms with E-state index in [1.54, 1.807) is 0 Å². The molecular formula is C12H15Br2NOS. The molecule has 1 aliphatic rings. The zero-order valence-corrected chi connectivity index (χ0v) is 13.7. The van der Waals surface area contributed by atoms with Crippen LogP contribution in [0.4, 0.5) is 0 Å². The van der Waals surface area contributed by atoms with Crippen molar-refractivity contribution in [3.8, 4) is 0 Å². The molecule has 0 unspecified atom stereocenters. The maximum atomic E-state index is 12.4. The van der Waals surface area contributed by atoms with Crippen LogP contribution in [0, 0.1) is 6.92 Å². The Balaban J connectivity index is 2.14. The molecule has 0 N–H and O–H groups in total. The summed E-state index contributed by atoms with van der Waals surface area (Å²) in [5.41, 5.74) is 1.14. The predicted octanol–water partition coefficient (Wildman–Crippen LogP) is 4.21. The molecular weight excluding hydrogens is 366 g/mol. The van der Waals surface area contributed by atoms with Crippen LogP contribution in [0.3, 0.4) is 0 Å². The van der Waals surface area contributed by atoms with Gasteiger partial charge in [0.15, 0.2) is 0 Å². The van der Waals surface area contributed by atoms with E-state index in [2.05, 4.69) is 31.9 Å². The zero-order valence-electron chi connectivity index (χ0n) is 9.71. The second-order valence-electron chi connectivity index (χ2n) is 4.34. The monoisotopic (exact) mass is 379 g/mol. The first-order chi connectivity index (χ1) is 8.13. The van der Waals surface area contributed by atoms with Crippen molar-refractivity contribution < 1.29 is 4.79 Å². The number of hydrogen-bond donors (Lipinski definition) is 0. The quantitative estimate of drug-likeness (QED) is 0.716. The molecule has 1 aliphatic carbocycles. The van der Waals surface area contributed by atoms with Crippen LogP contribution in [0.1, 0.15) is 34.5 Å². The highest BCUT2D eigenvalue weighted by Crippen LogP contribution is 2.31. The Morgan fingerprint density at radius 2 is 2.29 bits per heavy atom. The topological polar surface area (TPSA) is 20.3 Å². The Morgan fingerprint density at radius 1 is 1.59 bits per heavy atom. The Labute approximate surface area is 123 Å². The van der Waals surface area contributed by atoms with Crippen LogP contribution in [0.25, 0.3) is 0 Å². The van der Waals surface area contributed by atoms with E-state index in [9.17, 15) is 4.79 Å². The van der Waals surface area contributed by atoms with Gasteiger partial charge in [-0.1, -0.05) is 15.9 Å². The fraction of sp³-hybridized carbons (Fsp3) is 0.583. The number of halogens is 2. The summed E-state index contributed by atoms with van der Waals surface area (Å²) < 4.78 is 1.06. The number of hydrogen-bond acceptors (Lipinski definition) is 2. The largest absolute Gasteiger partial charge is 0.334 e. The molecule has 0 saturated heterocycles. The van der Waals surface area contributed by atoms with E-state index < -0.39 is 0 Å².